The van der Waals surface area contributed by atoms with Gasteiger partial charge in [0.05, 0.1) is 10.5 Å². The highest BCUT2D eigenvalue weighted by molar-refractivity contribution is 7.13. The van der Waals surface area contributed by atoms with E-state index in [4.69, 9.17) is 5.73 Å². The Labute approximate surface area is 109 Å². The van der Waals surface area contributed by atoms with Crippen LogP contribution in [-0.4, -0.2) is 4.92 Å². The average molecular weight is 262 g/mol. The van der Waals surface area contributed by atoms with Crippen molar-refractivity contribution in [2.24, 2.45) is 5.73 Å². The Morgan fingerprint density at radius 3 is 2.56 bits per heavy atom. The molecular formula is C13H14N2O2S. The van der Waals surface area contributed by atoms with Gasteiger partial charge in [-0.3, -0.25) is 10.1 Å². The third-order valence-electron chi connectivity index (χ3n) is 2.71. The summed E-state index contributed by atoms with van der Waals surface area (Å²) in [5.74, 6) is 0. The summed E-state index contributed by atoms with van der Waals surface area (Å²) in [5.41, 5.74) is 7.34. The first-order chi connectivity index (χ1) is 8.39. The Kier molecular flexibility index (Phi) is 3.19. The average Bonchev–Trinajstić information content (AvgIpc) is 2.77. The van der Waals surface area contributed by atoms with E-state index in [1.54, 1.807) is 18.2 Å². The molecule has 5 heteroatoms. The molecule has 0 saturated heterocycles. The monoisotopic (exact) mass is 262 g/mol. The van der Waals surface area contributed by atoms with E-state index in [9.17, 15) is 10.1 Å². The second-order valence-electron chi connectivity index (χ2n) is 4.70. The molecule has 0 saturated carbocycles. The van der Waals surface area contributed by atoms with Gasteiger partial charge >= 0.3 is 0 Å². The van der Waals surface area contributed by atoms with E-state index >= 15 is 0 Å². The zero-order valence-corrected chi connectivity index (χ0v) is 11.0. The molecule has 94 valence electrons. The van der Waals surface area contributed by atoms with Crippen molar-refractivity contribution < 1.29 is 4.92 Å². The molecule has 1 aromatic carbocycles. The summed E-state index contributed by atoms with van der Waals surface area (Å²) in [4.78, 5) is 11.5. The van der Waals surface area contributed by atoms with Gasteiger partial charge in [-0.1, -0.05) is 12.1 Å². The molecule has 1 heterocycles. The molecule has 2 N–H and O–H groups in total. The highest BCUT2D eigenvalue weighted by Gasteiger charge is 2.20. The van der Waals surface area contributed by atoms with Gasteiger partial charge in [0, 0.05) is 16.5 Å². The highest BCUT2D eigenvalue weighted by Crippen LogP contribution is 2.36. The van der Waals surface area contributed by atoms with E-state index in [2.05, 4.69) is 0 Å². The molecule has 4 nitrogen and oxygen atoms in total. The lowest BCUT2D eigenvalue weighted by Crippen LogP contribution is -2.27. The summed E-state index contributed by atoms with van der Waals surface area (Å²) < 4.78 is 0. The van der Waals surface area contributed by atoms with Crippen LogP contribution in [0.4, 0.5) is 5.69 Å². The summed E-state index contributed by atoms with van der Waals surface area (Å²) >= 11 is 1.48. The van der Waals surface area contributed by atoms with Crippen molar-refractivity contribution in [1.29, 1.82) is 0 Å². The molecule has 0 aliphatic carbocycles. The number of para-hydroxylation sites is 1. The Morgan fingerprint density at radius 1 is 1.33 bits per heavy atom. The van der Waals surface area contributed by atoms with Crippen molar-refractivity contribution in [3.05, 3.63) is 51.4 Å². The smallest absolute Gasteiger partial charge is 0.278 e. The lowest BCUT2D eigenvalue weighted by molar-refractivity contribution is -0.384. The van der Waals surface area contributed by atoms with Crippen molar-refractivity contribution in [2.45, 2.75) is 19.4 Å². The van der Waals surface area contributed by atoms with Crippen molar-refractivity contribution in [1.82, 2.24) is 0 Å². The van der Waals surface area contributed by atoms with Gasteiger partial charge in [-0.05, 0) is 36.9 Å². The molecular weight excluding hydrogens is 248 g/mol. The van der Waals surface area contributed by atoms with Gasteiger partial charge in [0.25, 0.3) is 5.69 Å². The second kappa shape index (κ2) is 4.51. The Balaban J connectivity index is 2.50. The summed E-state index contributed by atoms with van der Waals surface area (Å²) in [6.45, 7) is 3.83. The number of benzene rings is 1. The van der Waals surface area contributed by atoms with Gasteiger partial charge in [-0.15, -0.1) is 11.3 Å². The maximum Gasteiger partial charge on any atom is 0.278 e. The van der Waals surface area contributed by atoms with Crippen LogP contribution in [0, 0.1) is 10.1 Å². The SMILES string of the molecule is CC(C)(N)c1csc(-c2ccccc2[N+](=O)[O-])c1. The number of rotatable bonds is 3. The molecule has 0 aliphatic rings. The van der Waals surface area contributed by atoms with Crippen molar-refractivity contribution >= 4 is 17.0 Å². The van der Waals surface area contributed by atoms with Gasteiger partial charge in [-0.25, -0.2) is 0 Å². The minimum Gasteiger partial charge on any atom is -0.322 e. The summed E-state index contributed by atoms with van der Waals surface area (Å²) in [6, 6.07) is 8.67. The molecule has 18 heavy (non-hydrogen) atoms. The van der Waals surface area contributed by atoms with Crippen molar-refractivity contribution in [3.8, 4) is 10.4 Å². The van der Waals surface area contributed by atoms with E-state index < -0.39 is 5.54 Å². The van der Waals surface area contributed by atoms with Gasteiger partial charge in [0.15, 0.2) is 0 Å². The quantitative estimate of drug-likeness (QED) is 0.679. The second-order valence-corrected chi connectivity index (χ2v) is 5.61. The predicted octanol–water partition coefficient (Wildman–Crippen LogP) is 3.52. The first-order valence-electron chi connectivity index (χ1n) is 5.51. The highest BCUT2D eigenvalue weighted by atomic mass is 32.1. The van der Waals surface area contributed by atoms with Crippen molar-refractivity contribution in [3.63, 3.8) is 0 Å². The summed E-state index contributed by atoms with van der Waals surface area (Å²) in [6.07, 6.45) is 0. The van der Waals surface area contributed by atoms with Crippen LogP contribution in [0.15, 0.2) is 35.7 Å². The van der Waals surface area contributed by atoms with Gasteiger partial charge in [0.2, 0.25) is 0 Å². The van der Waals surface area contributed by atoms with Crippen LogP contribution in [0.1, 0.15) is 19.4 Å². The number of hydrogen-bond donors (Lipinski definition) is 1. The molecule has 0 aliphatic heterocycles. The van der Waals surface area contributed by atoms with Crippen LogP contribution in [0.25, 0.3) is 10.4 Å². The third-order valence-corrected chi connectivity index (χ3v) is 3.67. The molecule has 2 aromatic rings. The first kappa shape index (κ1) is 12.7. The standard InChI is InChI=1S/C13H14N2O2S/c1-13(2,14)9-7-12(18-8-9)10-5-3-4-6-11(10)15(16)17/h3-8H,14H2,1-2H3. The van der Waals surface area contributed by atoms with Crippen LogP contribution >= 0.6 is 11.3 Å². The molecule has 0 bridgehead atoms. The van der Waals surface area contributed by atoms with Gasteiger partial charge in [0.1, 0.15) is 0 Å². The van der Waals surface area contributed by atoms with Crippen LogP contribution < -0.4 is 5.73 Å². The van der Waals surface area contributed by atoms with Crippen LogP contribution in [0.2, 0.25) is 0 Å². The van der Waals surface area contributed by atoms with Crippen LogP contribution in [-0.2, 0) is 5.54 Å². The molecule has 0 atom stereocenters. The minimum atomic E-state index is -0.432. The fourth-order valence-corrected chi connectivity index (χ4v) is 2.78. The van der Waals surface area contributed by atoms with E-state index in [-0.39, 0.29) is 10.6 Å². The Bertz CT molecular complexity index is 585. The first-order valence-corrected chi connectivity index (χ1v) is 6.39. The van der Waals surface area contributed by atoms with Gasteiger partial charge < -0.3 is 5.73 Å². The Hall–Kier alpha value is -1.72. The van der Waals surface area contributed by atoms with E-state index in [0.717, 1.165) is 10.4 Å². The summed E-state index contributed by atoms with van der Waals surface area (Å²) in [5, 5.41) is 12.9. The number of thiophene rings is 1. The zero-order chi connectivity index (χ0) is 13.3. The van der Waals surface area contributed by atoms with Gasteiger partial charge in [-0.2, -0.15) is 0 Å². The number of nitro benzene ring substituents is 1. The van der Waals surface area contributed by atoms with Crippen LogP contribution in [0.3, 0.4) is 0 Å². The molecule has 0 fully saturated rings. The van der Waals surface area contributed by atoms with E-state index in [1.807, 2.05) is 25.3 Å². The van der Waals surface area contributed by atoms with Crippen LogP contribution in [0.5, 0.6) is 0 Å². The number of hydrogen-bond acceptors (Lipinski definition) is 4. The molecule has 0 radical (unpaired) electrons. The fourth-order valence-electron chi connectivity index (χ4n) is 1.66. The maximum atomic E-state index is 11.0. The molecule has 2 rings (SSSR count). The number of nitrogens with two attached hydrogens (primary N) is 1. The third kappa shape index (κ3) is 2.42. The van der Waals surface area contributed by atoms with Crippen molar-refractivity contribution in [2.75, 3.05) is 0 Å². The van der Waals surface area contributed by atoms with E-state index in [1.165, 1.54) is 17.4 Å². The maximum absolute atomic E-state index is 11.0. The fraction of sp³-hybridized carbons (Fsp3) is 0.231. The largest absolute Gasteiger partial charge is 0.322 e. The lowest BCUT2D eigenvalue weighted by atomic mass is 9.98. The molecule has 0 amide bonds. The topological polar surface area (TPSA) is 69.2 Å². The predicted molar refractivity (Wildman–Crippen MR) is 73.6 cm³/mol. The summed E-state index contributed by atoms with van der Waals surface area (Å²) in [7, 11) is 0. The normalized spacial score (nSPS) is 11.5. The Morgan fingerprint density at radius 2 is 2.00 bits per heavy atom. The van der Waals surface area contributed by atoms with E-state index in [0.29, 0.717) is 5.56 Å². The number of nitrogens with zero attached hydrogens (tertiary/aromatic N) is 1. The molecule has 1 aromatic heterocycles. The molecule has 0 spiro atoms. The number of nitro groups is 1. The molecule has 0 unspecified atom stereocenters. The minimum absolute atomic E-state index is 0.126. The lowest BCUT2D eigenvalue weighted by Gasteiger charge is -2.16. The zero-order valence-electron chi connectivity index (χ0n) is 10.2.